The third-order valence-corrected chi connectivity index (χ3v) is 5.41. The van der Waals surface area contributed by atoms with E-state index in [0.717, 1.165) is 16.9 Å². The van der Waals surface area contributed by atoms with Crippen LogP contribution in [-0.4, -0.2) is 31.8 Å². The fraction of sp³-hybridized carbons (Fsp3) is 0.0833. The van der Waals surface area contributed by atoms with E-state index in [-0.39, 0.29) is 0 Å². The highest BCUT2D eigenvalue weighted by Crippen LogP contribution is 2.37. The first-order valence-corrected chi connectivity index (χ1v) is 10.6. The number of ether oxygens (including phenoxy) is 1. The summed E-state index contributed by atoms with van der Waals surface area (Å²) in [7, 11) is 1.62. The summed E-state index contributed by atoms with van der Waals surface area (Å²) >= 11 is 6.05. The summed E-state index contributed by atoms with van der Waals surface area (Å²) in [5.41, 5.74) is 10.1. The number of fused-ring (bicyclic) bond motifs is 1. The Hall–Kier alpha value is -4.17. The number of aromatic nitrogens is 5. The van der Waals surface area contributed by atoms with Gasteiger partial charge < -0.3 is 15.8 Å². The van der Waals surface area contributed by atoms with Crippen LogP contribution in [0.15, 0.2) is 72.9 Å². The highest BCUT2D eigenvalue weighted by atomic mass is 35.5. The quantitative estimate of drug-likeness (QED) is 0.379. The van der Waals surface area contributed by atoms with Crippen molar-refractivity contribution in [1.29, 1.82) is 0 Å². The van der Waals surface area contributed by atoms with Crippen LogP contribution in [0, 0.1) is 0 Å². The van der Waals surface area contributed by atoms with Gasteiger partial charge in [-0.2, -0.15) is 4.98 Å². The third-order valence-electron chi connectivity index (χ3n) is 5.16. The molecule has 0 spiro atoms. The number of para-hydroxylation sites is 1. The monoisotopic (exact) mass is 457 g/mol. The Morgan fingerprint density at radius 1 is 1.00 bits per heavy atom. The van der Waals surface area contributed by atoms with E-state index in [2.05, 4.69) is 20.4 Å². The van der Waals surface area contributed by atoms with Gasteiger partial charge in [-0.1, -0.05) is 29.8 Å². The predicted molar refractivity (Wildman–Crippen MR) is 130 cm³/mol. The van der Waals surface area contributed by atoms with Crippen molar-refractivity contribution in [1.82, 2.24) is 24.7 Å². The molecule has 0 amide bonds. The zero-order chi connectivity index (χ0) is 22.8. The fourth-order valence-corrected chi connectivity index (χ4v) is 3.70. The van der Waals surface area contributed by atoms with E-state index in [1.54, 1.807) is 30.1 Å². The molecule has 0 radical (unpaired) electrons. The van der Waals surface area contributed by atoms with Crippen molar-refractivity contribution >= 4 is 34.4 Å². The van der Waals surface area contributed by atoms with Crippen LogP contribution in [0.4, 0.5) is 11.8 Å². The fourth-order valence-electron chi connectivity index (χ4n) is 3.58. The van der Waals surface area contributed by atoms with Crippen molar-refractivity contribution < 1.29 is 4.74 Å². The first-order chi connectivity index (χ1) is 16.1. The van der Waals surface area contributed by atoms with Gasteiger partial charge in [0.25, 0.3) is 0 Å². The number of halogens is 1. The molecule has 164 valence electrons. The van der Waals surface area contributed by atoms with Gasteiger partial charge in [-0.3, -0.25) is 4.98 Å². The maximum Gasteiger partial charge on any atom is 0.225 e. The van der Waals surface area contributed by atoms with Crippen molar-refractivity contribution in [2.75, 3.05) is 18.2 Å². The molecule has 5 aromatic rings. The summed E-state index contributed by atoms with van der Waals surface area (Å²) in [5.74, 6) is 1.51. The molecule has 0 aliphatic carbocycles. The molecule has 3 N–H and O–H groups in total. The number of nitrogens with one attached hydrogen (secondary N) is 1. The molecule has 0 saturated carbocycles. The highest BCUT2D eigenvalue weighted by molar-refractivity contribution is 6.30. The van der Waals surface area contributed by atoms with E-state index < -0.39 is 0 Å². The van der Waals surface area contributed by atoms with Gasteiger partial charge in [0.05, 0.1) is 36.1 Å². The number of hydrogen-bond acceptors (Lipinski definition) is 7. The lowest BCUT2D eigenvalue weighted by molar-refractivity contribution is 0.416. The molecule has 0 fully saturated rings. The van der Waals surface area contributed by atoms with Gasteiger partial charge in [-0.15, -0.1) is 5.10 Å². The Bertz CT molecular complexity index is 1420. The Labute approximate surface area is 195 Å². The summed E-state index contributed by atoms with van der Waals surface area (Å²) in [6.45, 7) is 0.463. The van der Waals surface area contributed by atoms with Crippen molar-refractivity contribution in [2.24, 2.45) is 0 Å². The molecule has 0 saturated heterocycles. The second kappa shape index (κ2) is 8.76. The standard InChI is InChI=1S/C24H20ClN7O/c1-33-19-8-3-2-7-18(19)21-20-22(26)32(17-11-9-15(25)10-12-17)31-23(20)30-24(29-21)28-14-16-6-4-5-13-27-16/h2-13H,14,26H2,1H3,(H,28,30,31). The van der Waals surface area contributed by atoms with Gasteiger partial charge >= 0.3 is 0 Å². The number of nitrogens with zero attached hydrogens (tertiary/aromatic N) is 5. The van der Waals surface area contributed by atoms with Crippen LogP contribution in [0.2, 0.25) is 5.02 Å². The van der Waals surface area contributed by atoms with Gasteiger partial charge in [0, 0.05) is 16.8 Å². The number of hydrogen-bond donors (Lipinski definition) is 2. The molecule has 2 aromatic carbocycles. The average molecular weight is 458 g/mol. The van der Waals surface area contributed by atoms with Gasteiger partial charge in [-0.05, 0) is 48.5 Å². The minimum atomic E-state index is 0.412. The van der Waals surface area contributed by atoms with Crippen LogP contribution < -0.4 is 15.8 Å². The average Bonchev–Trinajstić information content (AvgIpc) is 3.19. The van der Waals surface area contributed by atoms with E-state index in [1.807, 2.05) is 54.6 Å². The van der Waals surface area contributed by atoms with Crippen molar-refractivity contribution in [3.05, 3.63) is 83.6 Å². The Balaban J connectivity index is 1.67. The smallest absolute Gasteiger partial charge is 0.225 e. The van der Waals surface area contributed by atoms with E-state index in [1.165, 1.54) is 0 Å². The van der Waals surface area contributed by atoms with Gasteiger partial charge in [0.2, 0.25) is 5.95 Å². The van der Waals surface area contributed by atoms with E-state index >= 15 is 0 Å². The van der Waals surface area contributed by atoms with Gasteiger partial charge in [0.15, 0.2) is 5.65 Å². The van der Waals surface area contributed by atoms with E-state index in [0.29, 0.717) is 45.8 Å². The molecule has 0 atom stereocenters. The van der Waals surface area contributed by atoms with Crippen molar-refractivity contribution in [3.8, 4) is 22.7 Å². The highest BCUT2D eigenvalue weighted by Gasteiger charge is 2.21. The SMILES string of the molecule is COc1ccccc1-c1nc(NCc2ccccn2)nc2nn(-c3ccc(Cl)cc3)c(N)c12. The summed E-state index contributed by atoms with van der Waals surface area (Å²) in [6, 6.07) is 20.6. The third kappa shape index (κ3) is 4.04. The number of nitrogens with two attached hydrogens (primary N) is 1. The number of nitrogen functional groups attached to an aromatic ring is 1. The molecule has 0 aliphatic rings. The van der Waals surface area contributed by atoms with Crippen LogP contribution in [-0.2, 0) is 6.54 Å². The number of methoxy groups -OCH3 is 1. The summed E-state index contributed by atoms with van der Waals surface area (Å²) < 4.78 is 7.22. The topological polar surface area (TPSA) is 104 Å². The molecule has 0 bridgehead atoms. The van der Waals surface area contributed by atoms with Gasteiger partial charge in [-0.25, -0.2) is 9.67 Å². The second-order valence-electron chi connectivity index (χ2n) is 7.24. The zero-order valence-electron chi connectivity index (χ0n) is 17.7. The molecular weight excluding hydrogens is 438 g/mol. The van der Waals surface area contributed by atoms with Crippen LogP contribution in [0.1, 0.15) is 5.69 Å². The van der Waals surface area contributed by atoms with E-state index in [9.17, 15) is 0 Å². The van der Waals surface area contributed by atoms with Crippen LogP contribution in [0.5, 0.6) is 5.75 Å². The first kappa shape index (κ1) is 20.7. The maximum absolute atomic E-state index is 6.57. The lowest BCUT2D eigenvalue weighted by atomic mass is 10.1. The molecule has 33 heavy (non-hydrogen) atoms. The largest absolute Gasteiger partial charge is 0.496 e. The van der Waals surface area contributed by atoms with Crippen LogP contribution in [0.25, 0.3) is 28.0 Å². The van der Waals surface area contributed by atoms with Crippen LogP contribution in [0.3, 0.4) is 0 Å². The molecule has 3 heterocycles. The molecule has 9 heteroatoms. The Kier molecular flexibility index (Phi) is 5.50. The lowest BCUT2D eigenvalue weighted by Gasteiger charge is -2.11. The molecule has 0 unspecified atom stereocenters. The van der Waals surface area contributed by atoms with Crippen molar-refractivity contribution in [2.45, 2.75) is 6.54 Å². The maximum atomic E-state index is 6.57. The number of anilines is 2. The Morgan fingerprint density at radius 3 is 2.55 bits per heavy atom. The summed E-state index contributed by atoms with van der Waals surface area (Å²) in [5, 5.41) is 9.18. The molecule has 0 aliphatic heterocycles. The van der Waals surface area contributed by atoms with Crippen molar-refractivity contribution in [3.63, 3.8) is 0 Å². The minimum absolute atomic E-state index is 0.412. The lowest BCUT2D eigenvalue weighted by Crippen LogP contribution is -2.06. The molecule has 8 nitrogen and oxygen atoms in total. The summed E-state index contributed by atoms with van der Waals surface area (Å²) in [4.78, 5) is 13.8. The van der Waals surface area contributed by atoms with E-state index in [4.69, 9.17) is 27.1 Å². The number of benzene rings is 2. The van der Waals surface area contributed by atoms with Gasteiger partial charge in [0.1, 0.15) is 11.6 Å². The number of pyridine rings is 1. The second-order valence-corrected chi connectivity index (χ2v) is 7.68. The first-order valence-electron chi connectivity index (χ1n) is 10.2. The zero-order valence-corrected chi connectivity index (χ0v) is 18.5. The minimum Gasteiger partial charge on any atom is -0.496 e. The summed E-state index contributed by atoms with van der Waals surface area (Å²) in [6.07, 6.45) is 1.75. The molecule has 5 rings (SSSR count). The Morgan fingerprint density at radius 2 is 1.79 bits per heavy atom. The molecule has 3 aromatic heterocycles. The molecular formula is C24H20ClN7O. The van der Waals surface area contributed by atoms with Crippen LogP contribution >= 0.6 is 11.6 Å². The normalized spacial score (nSPS) is 11.0. The predicted octanol–water partition coefficient (Wildman–Crippen LogP) is 4.73. The number of rotatable bonds is 6.